The minimum Gasteiger partial charge on any atom is -0.497 e. The van der Waals surface area contributed by atoms with E-state index in [1.165, 1.54) is 7.11 Å². The largest absolute Gasteiger partial charge is 0.497 e. The molecular weight excluding hydrogens is 272 g/mol. The molecule has 2 rings (SSSR count). The molecule has 0 spiro atoms. The zero-order valence-corrected chi connectivity index (χ0v) is 12.1. The third-order valence-corrected chi connectivity index (χ3v) is 2.65. The van der Waals surface area contributed by atoms with Crippen molar-refractivity contribution in [3.8, 4) is 17.6 Å². The molecule has 0 fully saturated rings. The van der Waals surface area contributed by atoms with Gasteiger partial charge in [-0.25, -0.2) is 0 Å². The quantitative estimate of drug-likeness (QED) is 0.892. The smallest absolute Gasteiger partial charge is 0.264 e. The first-order valence-corrected chi connectivity index (χ1v) is 6.26. The first-order chi connectivity index (χ1) is 9.92. The van der Waals surface area contributed by atoms with Crippen molar-refractivity contribution in [2.75, 3.05) is 7.11 Å². The summed E-state index contributed by atoms with van der Waals surface area (Å²) in [7, 11) is 1.52. The summed E-state index contributed by atoms with van der Waals surface area (Å²) in [6, 6.07) is 6.93. The summed E-state index contributed by atoms with van der Waals surface area (Å²) in [6.07, 6.45) is 0. The van der Waals surface area contributed by atoms with E-state index in [9.17, 15) is 0 Å². The average molecular weight is 288 g/mol. The Labute approximate surface area is 122 Å². The maximum atomic E-state index is 8.94. The fraction of sp³-hybridized carbons (Fsp3) is 0.357. The second-order valence-electron chi connectivity index (χ2n) is 5.03. The van der Waals surface area contributed by atoms with Gasteiger partial charge in [0.2, 0.25) is 0 Å². The first-order valence-electron chi connectivity index (χ1n) is 6.26. The molecule has 21 heavy (non-hydrogen) atoms. The molecule has 7 heteroatoms. The number of ether oxygens (including phenoxy) is 2. The minimum absolute atomic E-state index is 0.0844. The van der Waals surface area contributed by atoms with E-state index >= 15 is 0 Å². The highest BCUT2D eigenvalue weighted by molar-refractivity contribution is 5.43. The fourth-order valence-electron chi connectivity index (χ4n) is 1.56. The van der Waals surface area contributed by atoms with Crippen LogP contribution in [-0.2, 0) is 12.1 Å². The lowest BCUT2D eigenvalue weighted by Crippen LogP contribution is -2.30. The van der Waals surface area contributed by atoms with Crippen LogP contribution in [-0.4, -0.2) is 17.3 Å². The Morgan fingerprint density at radius 2 is 2.05 bits per heavy atom. The molecule has 1 aromatic heterocycles. The number of aromatic nitrogens is 2. The molecule has 0 aliphatic heterocycles. The number of rotatable bonds is 5. The topological polar surface area (TPSA) is 107 Å². The Hall–Kier alpha value is -2.59. The molecule has 1 heterocycles. The molecule has 0 saturated carbocycles. The van der Waals surface area contributed by atoms with Crippen LogP contribution in [0.15, 0.2) is 22.7 Å². The molecule has 0 amide bonds. The Balaban J connectivity index is 2.10. The van der Waals surface area contributed by atoms with E-state index in [0.717, 1.165) is 0 Å². The van der Waals surface area contributed by atoms with Crippen molar-refractivity contribution in [2.45, 2.75) is 26.0 Å². The lowest BCUT2D eigenvalue weighted by molar-refractivity contribution is 0.241. The Kier molecular flexibility index (Phi) is 4.10. The molecule has 1 aromatic carbocycles. The molecule has 0 unspecified atom stereocenters. The van der Waals surface area contributed by atoms with Crippen LogP contribution >= 0.6 is 0 Å². The molecule has 0 saturated heterocycles. The third kappa shape index (κ3) is 3.70. The summed E-state index contributed by atoms with van der Waals surface area (Å²) in [6.45, 7) is 3.65. The van der Waals surface area contributed by atoms with Crippen molar-refractivity contribution in [1.82, 2.24) is 10.1 Å². The molecule has 110 valence electrons. The summed E-state index contributed by atoms with van der Waals surface area (Å²) in [5, 5.41) is 12.7. The van der Waals surface area contributed by atoms with Gasteiger partial charge in [0.05, 0.1) is 24.3 Å². The van der Waals surface area contributed by atoms with E-state index in [-0.39, 0.29) is 6.61 Å². The van der Waals surface area contributed by atoms with Crippen LogP contribution < -0.4 is 15.2 Å². The molecule has 2 N–H and O–H groups in total. The van der Waals surface area contributed by atoms with Crippen LogP contribution in [0, 0.1) is 11.3 Å². The summed E-state index contributed by atoms with van der Waals surface area (Å²) in [5.74, 6) is 1.74. The number of benzene rings is 1. The molecule has 0 aliphatic carbocycles. The highest BCUT2D eigenvalue weighted by Gasteiger charge is 2.21. The van der Waals surface area contributed by atoms with E-state index < -0.39 is 5.54 Å². The molecule has 7 nitrogen and oxygen atoms in total. The minimum atomic E-state index is -0.675. The highest BCUT2D eigenvalue weighted by atomic mass is 16.5. The summed E-state index contributed by atoms with van der Waals surface area (Å²) >= 11 is 0. The van der Waals surface area contributed by atoms with E-state index in [4.69, 9.17) is 25.0 Å². The molecule has 0 aliphatic rings. The van der Waals surface area contributed by atoms with Gasteiger partial charge in [-0.15, -0.1) is 0 Å². The van der Waals surface area contributed by atoms with Gasteiger partial charge in [0.1, 0.15) is 11.5 Å². The van der Waals surface area contributed by atoms with Gasteiger partial charge in [0, 0.05) is 6.07 Å². The second kappa shape index (κ2) is 5.81. The zero-order chi connectivity index (χ0) is 15.5. The molecule has 0 radical (unpaired) electrons. The summed E-state index contributed by atoms with van der Waals surface area (Å²) in [4.78, 5) is 4.16. The van der Waals surface area contributed by atoms with Crippen molar-refractivity contribution in [1.29, 1.82) is 5.26 Å². The van der Waals surface area contributed by atoms with Gasteiger partial charge in [-0.05, 0) is 26.0 Å². The van der Waals surface area contributed by atoms with Gasteiger partial charge in [-0.1, -0.05) is 5.16 Å². The lowest BCUT2D eigenvalue weighted by atomic mass is 10.1. The van der Waals surface area contributed by atoms with Crippen LogP contribution in [0.4, 0.5) is 0 Å². The van der Waals surface area contributed by atoms with Crippen LogP contribution in [0.5, 0.6) is 11.5 Å². The molecule has 0 atom stereocenters. The molecule has 2 aromatic rings. The maximum Gasteiger partial charge on any atom is 0.264 e. The lowest BCUT2D eigenvalue weighted by Gasteiger charge is -2.11. The number of nitrogens with zero attached hydrogens (tertiary/aromatic N) is 3. The van der Waals surface area contributed by atoms with Crippen molar-refractivity contribution in [3.05, 3.63) is 35.5 Å². The Morgan fingerprint density at radius 3 is 2.62 bits per heavy atom. The van der Waals surface area contributed by atoms with Crippen LogP contribution in [0.1, 0.15) is 31.1 Å². The van der Waals surface area contributed by atoms with Crippen molar-refractivity contribution >= 4 is 0 Å². The van der Waals surface area contributed by atoms with Crippen LogP contribution in [0.25, 0.3) is 0 Å². The van der Waals surface area contributed by atoms with Crippen LogP contribution in [0.3, 0.4) is 0 Å². The summed E-state index contributed by atoms with van der Waals surface area (Å²) in [5.41, 5.74) is 5.64. The van der Waals surface area contributed by atoms with Gasteiger partial charge < -0.3 is 19.7 Å². The SMILES string of the molecule is COc1cc(C#N)cc(OCc2nc(C(C)(C)N)no2)c1. The van der Waals surface area contributed by atoms with Crippen molar-refractivity contribution in [2.24, 2.45) is 5.73 Å². The fourth-order valence-corrected chi connectivity index (χ4v) is 1.56. The van der Waals surface area contributed by atoms with E-state index in [0.29, 0.717) is 28.8 Å². The average Bonchev–Trinajstić information content (AvgIpc) is 2.93. The summed E-state index contributed by atoms with van der Waals surface area (Å²) < 4.78 is 15.7. The first kappa shape index (κ1) is 14.8. The molecule has 0 bridgehead atoms. The predicted octanol–water partition coefficient (Wildman–Crippen LogP) is 1.72. The highest BCUT2D eigenvalue weighted by Crippen LogP contribution is 2.23. The van der Waals surface area contributed by atoms with Crippen LogP contribution in [0.2, 0.25) is 0 Å². The zero-order valence-electron chi connectivity index (χ0n) is 12.1. The second-order valence-corrected chi connectivity index (χ2v) is 5.03. The normalized spacial score (nSPS) is 11.0. The van der Waals surface area contributed by atoms with Gasteiger partial charge in [-0.3, -0.25) is 0 Å². The van der Waals surface area contributed by atoms with E-state index in [1.807, 2.05) is 6.07 Å². The van der Waals surface area contributed by atoms with Crippen molar-refractivity contribution in [3.63, 3.8) is 0 Å². The van der Waals surface area contributed by atoms with Gasteiger partial charge in [0.15, 0.2) is 12.4 Å². The van der Waals surface area contributed by atoms with Crippen molar-refractivity contribution < 1.29 is 14.0 Å². The molecular formula is C14H16N4O3. The maximum absolute atomic E-state index is 8.94. The predicted molar refractivity (Wildman–Crippen MR) is 73.6 cm³/mol. The number of hydrogen-bond donors (Lipinski definition) is 1. The number of hydrogen-bond acceptors (Lipinski definition) is 7. The number of nitriles is 1. The monoisotopic (exact) mass is 288 g/mol. The number of methoxy groups -OCH3 is 1. The van der Waals surface area contributed by atoms with Gasteiger partial charge >= 0.3 is 0 Å². The van der Waals surface area contributed by atoms with E-state index in [2.05, 4.69) is 10.1 Å². The van der Waals surface area contributed by atoms with Gasteiger partial charge in [-0.2, -0.15) is 10.2 Å². The Morgan fingerprint density at radius 1 is 1.33 bits per heavy atom. The third-order valence-electron chi connectivity index (χ3n) is 2.65. The standard InChI is InChI=1S/C14H16N4O3/c1-14(2,16)13-17-12(21-18-13)8-20-11-5-9(7-15)4-10(6-11)19-3/h4-6H,8,16H2,1-3H3. The number of nitrogens with two attached hydrogens (primary N) is 1. The van der Waals surface area contributed by atoms with Gasteiger partial charge in [0.25, 0.3) is 5.89 Å². The Bertz CT molecular complexity index is 668. The van der Waals surface area contributed by atoms with E-state index in [1.54, 1.807) is 32.0 Å².